The second-order valence-electron chi connectivity index (χ2n) is 3.94. The van der Waals surface area contributed by atoms with Crippen molar-refractivity contribution in [2.45, 2.75) is 0 Å². The number of ketones is 2. The summed E-state index contributed by atoms with van der Waals surface area (Å²) in [5.41, 5.74) is 1.31. The highest BCUT2D eigenvalue weighted by molar-refractivity contribution is 14.1. The summed E-state index contributed by atoms with van der Waals surface area (Å²) >= 11 is 2.15. The zero-order chi connectivity index (χ0) is 13.7. The van der Waals surface area contributed by atoms with Crippen molar-refractivity contribution in [1.82, 2.24) is 0 Å². The van der Waals surface area contributed by atoms with E-state index < -0.39 is 11.6 Å². The molecule has 94 valence electrons. The van der Waals surface area contributed by atoms with Gasteiger partial charge in [0.05, 0.1) is 0 Å². The first-order chi connectivity index (χ1) is 9.16. The summed E-state index contributed by atoms with van der Waals surface area (Å²) in [5, 5.41) is 0. The number of allylic oxidation sites excluding steroid dienone is 1. The maximum absolute atomic E-state index is 11.9. The highest BCUT2D eigenvalue weighted by atomic mass is 127. The van der Waals surface area contributed by atoms with E-state index in [4.69, 9.17) is 0 Å². The van der Waals surface area contributed by atoms with E-state index in [-0.39, 0.29) is 0 Å². The van der Waals surface area contributed by atoms with Crippen molar-refractivity contribution in [1.29, 1.82) is 0 Å². The van der Waals surface area contributed by atoms with Crippen LogP contribution < -0.4 is 0 Å². The fourth-order valence-corrected chi connectivity index (χ4v) is 1.91. The van der Waals surface area contributed by atoms with Crippen molar-refractivity contribution in [3.63, 3.8) is 0 Å². The number of hydrogen-bond acceptors (Lipinski definition) is 2. The maximum atomic E-state index is 11.9. The van der Waals surface area contributed by atoms with Crippen molar-refractivity contribution in [2.75, 3.05) is 0 Å². The van der Waals surface area contributed by atoms with Crippen LogP contribution >= 0.6 is 22.6 Å². The molecule has 0 atom stereocenters. The average Bonchev–Trinajstić information content (AvgIpc) is 2.46. The lowest BCUT2D eigenvalue weighted by Gasteiger charge is -1.97. The Labute approximate surface area is 125 Å². The zero-order valence-electron chi connectivity index (χ0n) is 10.0. The molecule has 0 spiro atoms. The van der Waals surface area contributed by atoms with Gasteiger partial charge in [-0.05, 0) is 58.5 Å². The van der Waals surface area contributed by atoms with E-state index in [0.29, 0.717) is 5.56 Å². The molecule has 0 aliphatic heterocycles. The van der Waals surface area contributed by atoms with Crippen LogP contribution in [0.2, 0.25) is 0 Å². The first-order valence-electron chi connectivity index (χ1n) is 5.74. The Kier molecular flexibility index (Phi) is 4.63. The van der Waals surface area contributed by atoms with Crippen LogP contribution in [0.1, 0.15) is 15.9 Å². The molecule has 0 saturated carbocycles. The summed E-state index contributed by atoms with van der Waals surface area (Å²) in [6.07, 6.45) is 2.96. The van der Waals surface area contributed by atoms with Gasteiger partial charge in [0.25, 0.3) is 0 Å². The first kappa shape index (κ1) is 13.7. The molecular weight excluding hydrogens is 351 g/mol. The monoisotopic (exact) mass is 362 g/mol. The van der Waals surface area contributed by atoms with E-state index in [9.17, 15) is 9.59 Å². The number of carbonyl (C=O) groups excluding carboxylic acids is 2. The predicted molar refractivity (Wildman–Crippen MR) is 84.0 cm³/mol. The second kappa shape index (κ2) is 6.43. The van der Waals surface area contributed by atoms with Gasteiger partial charge in [0.15, 0.2) is 0 Å². The van der Waals surface area contributed by atoms with Crippen molar-refractivity contribution in [2.24, 2.45) is 0 Å². The summed E-state index contributed by atoms with van der Waals surface area (Å²) in [5.74, 6) is -0.992. The van der Waals surface area contributed by atoms with Gasteiger partial charge in [0.1, 0.15) is 0 Å². The van der Waals surface area contributed by atoms with E-state index in [1.54, 1.807) is 18.2 Å². The van der Waals surface area contributed by atoms with Gasteiger partial charge < -0.3 is 0 Å². The lowest BCUT2D eigenvalue weighted by Crippen LogP contribution is -2.10. The Hall–Kier alpha value is -1.75. The lowest BCUT2D eigenvalue weighted by molar-refractivity contribution is -0.110. The maximum Gasteiger partial charge on any atom is 0.232 e. The molecule has 0 aromatic heterocycles. The number of hydrogen-bond donors (Lipinski definition) is 0. The summed E-state index contributed by atoms with van der Waals surface area (Å²) < 4.78 is 1.03. The topological polar surface area (TPSA) is 34.1 Å². The molecule has 0 amide bonds. The van der Waals surface area contributed by atoms with E-state index in [1.807, 2.05) is 42.5 Å². The Morgan fingerprint density at radius 2 is 1.53 bits per heavy atom. The third kappa shape index (κ3) is 3.86. The Bertz CT molecular complexity index is 613. The molecule has 2 aromatic rings. The zero-order valence-corrected chi connectivity index (χ0v) is 12.2. The molecule has 0 heterocycles. The van der Waals surface area contributed by atoms with Crippen molar-refractivity contribution < 1.29 is 9.59 Å². The van der Waals surface area contributed by atoms with Crippen LogP contribution in [0.25, 0.3) is 6.08 Å². The molecule has 0 unspecified atom stereocenters. The molecule has 19 heavy (non-hydrogen) atoms. The van der Waals surface area contributed by atoms with Gasteiger partial charge in [-0.2, -0.15) is 0 Å². The van der Waals surface area contributed by atoms with Gasteiger partial charge in [0.2, 0.25) is 11.6 Å². The van der Waals surface area contributed by atoms with Crippen LogP contribution in [0.15, 0.2) is 60.7 Å². The summed E-state index contributed by atoms with van der Waals surface area (Å²) in [7, 11) is 0. The highest BCUT2D eigenvalue weighted by Gasteiger charge is 2.12. The molecule has 2 aromatic carbocycles. The van der Waals surface area contributed by atoms with Crippen LogP contribution in [0, 0.1) is 3.57 Å². The molecule has 0 bridgehead atoms. The molecule has 2 nitrogen and oxygen atoms in total. The quantitative estimate of drug-likeness (QED) is 0.359. The third-order valence-electron chi connectivity index (χ3n) is 2.56. The van der Waals surface area contributed by atoms with Crippen LogP contribution in [-0.2, 0) is 4.79 Å². The lowest BCUT2D eigenvalue weighted by atomic mass is 10.1. The van der Waals surface area contributed by atoms with Crippen LogP contribution in [0.3, 0.4) is 0 Å². The molecular formula is C16H11IO2. The van der Waals surface area contributed by atoms with E-state index >= 15 is 0 Å². The largest absolute Gasteiger partial charge is 0.286 e. The Balaban J connectivity index is 2.10. The van der Waals surface area contributed by atoms with Gasteiger partial charge in [-0.3, -0.25) is 9.59 Å². The minimum Gasteiger partial charge on any atom is -0.286 e. The molecule has 0 N–H and O–H groups in total. The number of halogens is 1. The predicted octanol–water partition coefficient (Wildman–Crippen LogP) is 3.76. The molecule has 0 radical (unpaired) electrons. The standard InChI is InChI=1S/C16H11IO2/c17-14-9-7-13(8-10-14)16(19)15(18)11-6-12-4-2-1-3-5-12/h1-11H/b11-6+. The minimum atomic E-state index is -0.509. The number of benzene rings is 2. The van der Waals surface area contributed by atoms with Gasteiger partial charge >= 0.3 is 0 Å². The minimum absolute atomic E-state index is 0.420. The van der Waals surface area contributed by atoms with Crippen LogP contribution in [0.4, 0.5) is 0 Å². The SMILES string of the molecule is O=C(/C=C/c1ccccc1)C(=O)c1ccc(I)cc1. The molecule has 0 aliphatic rings. The van der Waals surface area contributed by atoms with E-state index in [2.05, 4.69) is 22.6 Å². The Morgan fingerprint density at radius 1 is 0.895 bits per heavy atom. The van der Waals surface area contributed by atoms with Crippen LogP contribution in [0.5, 0.6) is 0 Å². The van der Waals surface area contributed by atoms with Gasteiger partial charge in [0, 0.05) is 9.13 Å². The number of carbonyl (C=O) groups is 2. The van der Waals surface area contributed by atoms with Crippen molar-refractivity contribution in [3.8, 4) is 0 Å². The van der Waals surface area contributed by atoms with Crippen molar-refractivity contribution in [3.05, 3.63) is 75.4 Å². The third-order valence-corrected chi connectivity index (χ3v) is 3.28. The molecule has 0 saturated heterocycles. The summed E-state index contributed by atoms with van der Waals surface area (Å²) in [6, 6.07) is 16.4. The smallest absolute Gasteiger partial charge is 0.232 e. The van der Waals surface area contributed by atoms with Gasteiger partial charge in [-0.25, -0.2) is 0 Å². The van der Waals surface area contributed by atoms with Gasteiger partial charge in [-0.15, -0.1) is 0 Å². The van der Waals surface area contributed by atoms with E-state index in [0.717, 1.165) is 9.13 Å². The van der Waals surface area contributed by atoms with Gasteiger partial charge in [-0.1, -0.05) is 36.4 Å². The second-order valence-corrected chi connectivity index (χ2v) is 5.19. The molecule has 2 rings (SSSR count). The average molecular weight is 362 g/mol. The highest BCUT2D eigenvalue weighted by Crippen LogP contribution is 2.09. The molecule has 0 fully saturated rings. The van der Waals surface area contributed by atoms with Crippen molar-refractivity contribution >= 4 is 40.2 Å². The fraction of sp³-hybridized carbons (Fsp3) is 0. The normalized spacial score (nSPS) is 10.6. The summed E-state index contributed by atoms with van der Waals surface area (Å²) in [6.45, 7) is 0. The van der Waals surface area contributed by atoms with Crippen LogP contribution in [-0.4, -0.2) is 11.6 Å². The molecule has 0 aliphatic carbocycles. The summed E-state index contributed by atoms with van der Waals surface area (Å²) in [4.78, 5) is 23.6. The Morgan fingerprint density at radius 3 is 2.16 bits per heavy atom. The first-order valence-corrected chi connectivity index (χ1v) is 6.82. The van der Waals surface area contributed by atoms with E-state index in [1.165, 1.54) is 6.08 Å². The number of rotatable bonds is 4. The fourth-order valence-electron chi connectivity index (χ4n) is 1.56. The molecule has 3 heteroatoms. The number of Topliss-reactive ketones (excluding diaryl/α,β-unsaturated/α-hetero) is 1.